The quantitative estimate of drug-likeness (QED) is 0.647. The largest absolute Gasteiger partial charge is 0.336 e. The second kappa shape index (κ2) is 6.27. The molecule has 6 nitrogen and oxygen atoms in total. The van der Waals surface area contributed by atoms with Gasteiger partial charge in [-0.2, -0.15) is 0 Å². The molecule has 0 unspecified atom stereocenters. The summed E-state index contributed by atoms with van der Waals surface area (Å²) >= 11 is 4.66. The van der Waals surface area contributed by atoms with Gasteiger partial charge in [-0.1, -0.05) is 27.7 Å². The third-order valence-electron chi connectivity index (χ3n) is 2.61. The number of nitrogens with one attached hydrogen (secondary N) is 1. The molecule has 0 aliphatic carbocycles. The Bertz CT molecular complexity index is 643. The molecule has 106 valence electrons. The molecule has 1 amide bonds. The number of rotatable bonds is 4. The van der Waals surface area contributed by atoms with Crippen LogP contribution in [0.4, 0.5) is 5.69 Å². The van der Waals surface area contributed by atoms with Crippen molar-refractivity contribution in [3.63, 3.8) is 0 Å². The molecule has 3 N–H and O–H groups in total. The van der Waals surface area contributed by atoms with Crippen LogP contribution in [0.25, 0.3) is 0 Å². The van der Waals surface area contributed by atoms with Crippen LogP contribution in [-0.4, -0.2) is 26.5 Å². The summed E-state index contributed by atoms with van der Waals surface area (Å²) in [5, 5.41) is 11.1. The Hall–Kier alpha value is -1.54. The Morgan fingerprint density at radius 1 is 1.45 bits per heavy atom. The molecule has 0 aliphatic heterocycles. The molecule has 0 radical (unpaired) electrons. The van der Waals surface area contributed by atoms with Crippen LogP contribution in [0.5, 0.6) is 0 Å². The SMILES string of the molecule is Cc1cc(NC(=O)CSc2nnc(C)n2N)ccc1Br. The predicted molar refractivity (Wildman–Crippen MR) is 83.1 cm³/mol. The van der Waals surface area contributed by atoms with Gasteiger partial charge in [0.15, 0.2) is 0 Å². The monoisotopic (exact) mass is 355 g/mol. The van der Waals surface area contributed by atoms with E-state index in [1.807, 2.05) is 25.1 Å². The molecule has 2 rings (SSSR count). The van der Waals surface area contributed by atoms with Gasteiger partial charge in [-0.05, 0) is 37.6 Å². The highest BCUT2D eigenvalue weighted by Crippen LogP contribution is 2.20. The minimum absolute atomic E-state index is 0.114. The number of hydrogen-bond acceptors (Lipinski definition) is 5. The van der Waals surface area contributed by atoms with Gasteiger partial charge < -0.3 is 11.2 Å². The van der Waals surface area contributed by atoms with E-state index >= 15 is 0 Å². The summed E-state index contributed by atoms with van der Waals surface area (Å²) < 4.78 is 2.37. The van der Waals surface area contributed by atoms with Crippen molar-refractivity contribution in [1.82, 2.24) is 14.9 Å². The summed E-state index contributed by atoms with van der Waals surface area (Å²) in [5.74, 6) is 6.43. The highest BCUT2D eigenvalue weighted by molar-refractivity contribution is 9.10. The van der Waals surface area contributed by atoms with E-state index in [4.69, 9.17) is 5.84 Å². The van der Waals surface area contributed by atoms with Crippen molar-refractivity contribution in [2.24, 2.45) is 0 Å². The first-order valence-electron chi connectivity index (χ1n) is 5.83. The van der Waals surface area contributed by atoms with Gasteiger partial charge in [0.1, 0.15) is 5.82 Å². The molecule has 0 saturated carbocycles. The Labute approximate surface area is 129 Å². The van der Waals surface area contributed by atoms with E-state index in [1.54, 1.807) is 6.92 Å². The summed E-state index contributed by atoms with van der Waals surface area (Å²) in [4.78, 5) is 11.9. The Kier molecular flexibility index (Phi) is 4.66. The number of aromatic nitrogens is 3. The number of anilines is 1. The molecule has 1 aromatic heterocycles. The molecule has 2 aromatic rings. The fraction of sp³-hybridized carbons (Fsp3) is 0.250. The predicted octanol–water partition coefficient (Wildman–Crippen LogP) is 2.10. The average molecular weight is 356 g/mol. The summed E-state index contributed by atoms with van der Waals surface area (Å²) in [6, 6.07) is 5.65. The molecule has 1 heterocycles. The number of benzene rings is 1. The number of amides is 1. The standard InChI is InChI=1S/C12H14BrN5OS/c1-7-5-9(3-4-10(7)13)15-11(19)6-20-12-17-16-8(2)18(12)14/h3-5H,6,14H2,1-2H3,(H,15,19). The van der Waals surface area contributed by atoms with Crippen LogP contribution in [0.1, 0.15) is 11.4 Å². The van der Waals surface area contributed by atoms with Crippen molar-refractivity contribution in [3.05, 3.63) is 34.1 Å². The minimum Gasteiger partial charge on any atom is -0.336 e. The van der Waals surface area contributed by atoms with Crippen LogP contribution in [0.2, 0.25) is 0 Å². The zero-order valence-electron chi connectivity index (χ0n) is 11.1. The molecule has 0 spiro atoms. The normalized spacial score (nSPS) is 10.6. The molecule has 0 atom stereocenters. The van der Waals surface area contributed by atoms with Gasteiger partial charge in [0.25, 0.3) is 0 Å². The van der Waals surface area contributed by atoms with E-state index in [0.717, 1.165) is 15.7 Å². The molecule has 8 heteroatoms. The van der Waals surface area contributed by atoms with Crippen LogP contribution in [0, 0.1) is 13.8 Å². The Morgan fingerprint density at radius 3 is 2.80 bits per heavy atom. The Balaban J connectivity index is 1.92. The molecule has 0 aliphatic rings. The van der Waals surface area contributed by atoms with Crippen molar-refractivity contribution < 1.29 is 4.79 Å². The van der Waals surface area contributed by atoms with Crippen molar-refractivity contribution >= 4 is 39.3 Å². The molecular formula is C12H14BrN5OS. The Morgan fingerprint density at radius 2 is 2.20 bits per heavy atom. The second-order valence-corrected chi connectivity index (χ2v) is 6.00. The fourth-order valence-corrected chi connectivity index (χ4v) is 2.45. The number of aryl methyl sites for hydroxylation is 2. The second-order valence-electron chi connectivity index (χ2n) is 4.20. The maximum absolute atomic E-state index is 11.9. The molecule has 0 fully saturated rings. The number of nitrogens with two attached hydrogens (primary N) is 1. The lowest BCUT2D eigenvalue weighted by Crippen LogP contribution is -2.16. The summed E-state index contributed by atoms with van der Waals surface area (Å²) in [5.41, 5.74) is 1.83. The summed E-state index contributed by atoms with van der Waals surface area (Å²) in [6.07, 6.45) is 0. The lowest BCUT2D eigenvalue weighted by atomic mass is 10.2. The highest BCUT2D eigenvalue weighted by atomic mass is 79.9. The molecule has 1 aromatic carbocycles. The van der Waals surface area contributed by atoms with E-state index in [0.29, 0.717) is 11.0 Å². The third kappa shape index (κ3) is 3.51. The average Bonchev–Trinajstić information content (AvgIpc) is 2.72. The lowest BCUT2D eigenvalue weighted by molar-refractivity contribution is -0.113. The first kappa shape index (κ1) is 14.9. The van der Waals surface area contributed by atoms with Gasteiger partial charge in [-0.15, -0.1) is 10.2 Å². The van der Waals surface area contributed by atoms with Gasteiger partial charge in [0.05, 0.1) is 5.75 Å². The maximum Gasteiger partial charge on any atom is 0.234 e. The number of nitrogens with zero attached hydrogens (tertiary/aromatic N) is 3. The van der Waals surface area contributed by atoms with Gasteiger partial charge in [0.2, 0.25) is 11.1 Å². The zero-order valence-corrected chi connectivity index (χ0v) is 13.5. The maximum atomic E-state index is 11.9. The number of thioether (sulfide) groups is 1. The minimum atomic E-state index is -0.114. The van der Waals surface area contributed by atoms with E-state index < -0.39 is 0 Å². The summed E-state index contributed by atoms with van der Waals surface area (Å²) in [6.45, 7) is 3.72. The van der Waals surface area contributed by atoms with Crippen molar-refractivity contribution in [2.45, 2.75) is 19.0 Å². The van der Waals surface area contributed by atoms with Crippen LogP contribution in [0.15, 0.2) is 27.8 Å². The molecule has 0 bridgehead atoms. The summed E-state index contributed by atoms with van der Waals surface area (Å²) in [7, 11) is 0. The number of hydrogen-bond donors (Lipinski definition) is 2. The first-order valence-corrected chi connectivity index (χ1v) is 7.61. The molecule has 0 saturated heterocycles. The number of carbonyl (C=O) groups excluding carboxylic acids is 1. The molecular weight excluding hydrogens is 342 g/mol. The van der Waals surface area contributed by atoms with Gasteiger partial charge in [-0.3, -0.25) is 4.79 Å². The van der Waals surface area contributed by atoms with E-state index in [-0.39, 0.29) is 11.7 Å². The molecule has 20 heavy (non-hydrogen) atoms. The first-order chi connectivity index (χ1) is 9.47. The van der Waals surface area contributed by atoms with Crippen molar-refractivity contribution in [1.29, 1.82) is 0 Å². The van der Waals surface area contributed by atoms with Crippen molar-refractivity contribution in [2.75, 3.05) is 16.9 Å². The van der Waals surface area contributed by atoms with E-state index in [9.17, 15) is 4.79 Å². The third-order valence-corrected chi connectivity index (χ3v) is 4.44. The van der Waals surface area contributed by atoms with Crippen LogP contribution in [0.3, 0.4) is 0 Å². The van der Waals surface area contributed by atoms with Crippen LogP contribution in [-0.2, 0) is 4.79 Å². The van der Waals surface area contributed by atoms with Gasteiger partial charge in [-0.25, -0.2) is 4.68 Å². The number of halogens is 1. The number of carbonyl (C=O) groups is 1. The van der Waals surface area contributed by atoms with Gasteiger partial charge >= 0.3 is 0 Å². The fourth-order valence-electron chi connectivity index (χ4n) is 1.50. The zero-order chi connectivity index (χ0) is 14.7. The van der Waals surface area contributed by atoms with E-state index in [1.165, 1.54) is 16.4 Å². The van der Waals surface area contributed by atoms with Crippen LogP contribution >= 0.6 is 27.7 Å². The number of nitrogen functional groups attached to an aromatic ring is 1. The van der Waals surface area contributed by atoms with Crippen LogP contribution < -0.4 is 11.2 Å². The smallest absolute Gasteiger partial charge is 0.234 e. The van der Waals surface area contributed by atoms with Crippen molar-refractivity contribution in [3.8, 4) is 0 Å². The lowest BCUT2D eigenvalue weighted by Gasteiger charge is -2.06. The van der Waals surface area contributed by atoms with Gasteiger partial charge in [0, 0.05) is 10.2 Å². The van der Waals surface area contributed by atoms with E-state index in [2.05, 4.69) is 31.4 Å². The highest BCUT2D eigenvalue weighted by Gasteiger charge is 2.10. The topological polar surface area (TPSA) is 85.8 Å².